The summed E-state index contributed by atoms with van der Waals surface area (Å²) >= 11 is 7.68. The molecule has 1 N–H and O–H groups in total. The number of aromatic nitrogens is 5. The van der Waals surface area contributed by atoms with Crippen molar-refractivity contribution in [3.8, 4) is 29.0 Å². The number of carbonyl (C=O) groups is 1. The van der Waals surface area contributed by atoms with Gasteiger partial charge in [0.15, 0.2) is 0 Å². The second-order valence-electron chi connectivity index (χ2n) is 14.9. The number of halogens is 3. The van der Waals surface area contributed by atoms with Gasteiger partial charge >= 0.3 is 0 Å². The van der Waals surface area contributed by atoms with Crippen molar-refractivity contribution in [2.24, 2.45) is 5.41 Å². The molecule has 0 radical (unpaired) electrons. The van der Waals surface area contributed by atoms with Crippen LogP contribution in [0.25, 0.3) is 32.2 Å². The van der Waals surface area contributed by atoms with Crippen molar-refractivity contribution in [3.05, 3.63) is 104 Å². The molecule has 2 aliphatic rings. The Balaban J connectivity index is 1.06. The maximum absolute atomic E-state index is 14.1. The maximum atomic E-state index is 14.1. The van der Waals surface area contributed by atoms with Crippen LogP contribution in [0.4, 0.5) is 14.6 Å². The van der Waals surface area contributed by atoms with Gasteiger partial charge in [-0.3, -0.25) is 29.0 Å². The van der Waals surface area contributed by atoms with E-state index in [9.17, 15) is 32.0 Å². The lowest BCUT2D eigenvalue weighted by atomic mass is 9.72. The normalized spacial score (nSPS) is 15.4. The van der Waals surface area contributed by atoms with Crippen molar-refractivity contribution in [2.45, 2.75) is 44.1 Å². The number of amides is 1. The van der Waals surface area contributed by atoms with Gasteiger partial charge in [0.05, 0.1) is 46.0 Å². The number of piperidine rings is 1. The largest absolute Gasteiger partial charge is 0.355 e. The highest BCUT2D eigenvalue weighted by Gasteiger charge is 2.47. The highest BCUT2D eigenvalue weighted by Crippen LogP contribution is 2.43. The number of thiophene rings is 1. The molecule has 0 saturated carbocycles. The smallest absolute Gasteiger partial charge is 0.268 e. The molecule has 18 heteroatoms. The zero-order valence-electron chi connectivity index (χ0n) is 31.7. The summed E-state index contributed by atoms with van der Waals surface area (Å²) in [6.45, 7) is 4.65. The van der Waals surface area contributed by atoms with Crippen molar-refractivity contribution in [3.63, 3.8) is 0 Å². The van der Waals surface area contributed by atoms with Crippen LogP contribution in [-0.2, 0) is 16.6 Å². The van der Waals surface area contributed by atoms with Gasteiger partial charge in [0.2, 0.25) is 0 Å². The Hall–Kier alpha value is -5.85. The molecule has 8 rings (SSSR count). The van der Waals surface area contributed by atoms with Crippen molar-refractivity contribution in [2.75, 3.05) is 37.6 Å². The van der Waals surface area contributed by atoms with E-state index >= 15 is 0 Å². The van der Waals surface area contributed by atoms with E-state index in [0.717, 1.165) is 26.0 Å². The lowest BCUT2D eigenvalue weighted by Gasteiger charge is -2.54. The number of nitrogens with zero attached hydrogens (tertiary/aromatic N) is 8. The van der Waals surface area contributed by atoms with Gasteiger partial charge < -0.3 is 4.90 Å². The van der Waals surface area contributed by atoms with E-state index < -0.39 is 27.4 Å². The second-order valence-corrected chi connectivity index (χ2v) is 17.9. The number of hydrogen-bond donors (Lipinski definition) is 1. The van der Waals surface area contributed by atoms with E-state index in [-0.39, 0.29) is 45.4 Å². The highest BCUT2D eigenvalue weighted by atomic mass is 35.5. The average Bonchev–Trinajstić information content (AvgIpc) is 3.63. The fourth-order valence-corrected chi connectivity index (χ4v) is 10.0. The first kappa shape index (κ1) is 40.0. The predicted molar refractivity (Wildman–Crippen MR) is 220 cm³/mol. The van der Waals surface area contributed by atoms with Crippen LogP contribution in [0.5, 0.6) is 0 Å². The Bertz CT molecular complexity index is 2940. The first-order valence-electron chi connectivity index (χ1n) is 18.4. The van der Waals surface area contributed by atoms with Gasteiger partial charge in [0.1, 0.15) is 28.2 Å². The summed E-state index contributed by atoms with van der Waals surface area (Å²) in [5, 5.41) is 12.5. The molecule has 6 aromatic rings. The molecule has 1 aromatic carbocycles. The number of aryl methyl sites for hydroxylation is 1. The van der Waals surface area contributed by atoms with Crippen molar-refractivity contribution < 1.29 is 22.0 Å². The van der Waals surface area contributed by atoms with Crippen molar-refractivity contribution in [1.82, 2.24) is 34.1 Å². The Labute approximate surface area is 346 Å². The number of carbonyl (C=O) groups excluding carboxylic acids is 1. The molecule has 0 atom stereocenters. The summed E-state index contributed by atoms with van der Waals surface area (Å²) in [4.78, 5) is 48.4. The number of nitrogens with one attached hydrogen (secondary N) is 1. The summed E-state index contributed by atoms with van der Waals surface area (Å²) < 4.78 is 56.9. The van der Waals surface area contributed by atoms with E-state index in [1.165, 1.54) is 52.0 Å². The van der Waals surface area contributed by atoms with Gasteiger partial charge in [-0.25, -0.2) is 31.9 Å². The standard InChI is InChI=1S/C41H34ClF2N9O4S2/c1-25-49-33-20-48-37(52-15-10-41(11-16-52)23-51(24-41)22-40(2,43)44)31(18-45)34(33)39(55)53(25)14-4-5-26-7-8-27(42)17-30(26)29-9-13-47-35-32(21-58-36(29)35)38(54)50-59(56,57)28-6-3-12-46-19-28/h3,6-9,12-13,17,19-21H,10-11,14-16,22-24H2,1-2H3,(H,50,54). The molecule has 0 aliphatic carbocycles. The molecular formula is C41H34ClF2N9O4S2. The lowest BCUT2D eigenvalue weighted by Crippen LogP contribution is -2.62. The molecule has 0 bridgehead atoms. The number of hydrogen-bond acceptors (Lipinski definition) is 12. The minimum atomic E-state index is -4.19. The molecule has 2 fully saturated rings. The fourth-order valence-electron chi connectivity index (χ4n) is 7.87. The minimum absolute atomic E-state index is 0.0433. The summed E-state index contributed by atoms with van der Waals surface area (Å²) in [5.74, 6) is 3.41. The number of sulfonamides is 1. The molecule has 0 unspecified atom stereocenters. The molecule has 7 heterocycles. The van der Waals surface area contributed by atoms with Crippen LogP contribution < -0.4 is 15.2 Å². The number of alkyl halides is 2. The lowest BCUT2D eigenvalue weighted by molar-refractivity contribution is -0.0867. The third-order valence-electron chi connectivity index (χ3n) is 10.6. The van der Waals surface area contributed by atoms with E-state index in [1.807, 2.05) is 4.90 Å². The Morgan fingerprint density at radius 3 is 2.59 bits per heavy atom. The van der Waals surface area contributed by atoms with Gasteiger partial charge in [0, 0.05) is 78.8 Å². The highest BCUT2D eigenvalue weighted by molar-refractivity contribution is 7.90. The van der Waals surface area contributed by atoms with Crippen LogP contribution in [0.2, 0.25) is 5.02 Å². The maximum Gasteiger partial charge on any atom is 0.268 e. The molecule has 1 amide bonds. The van der Waals surface area contributed by atoms with Gasteiger partial charge in [-0.2, -0.15) is 5.26 Å². The van der Waals surface area contributed by atoms with Crippen LogP contribution in [0, 0.1) is 35.5 Å². The molecule has 300 valence electrons. The van der Waals surface area contributed by atoms with Crippen LogP contribution in [0.3, 0.4) is 0 Å². The SMILES string of the molecule is Cc1nc2cnc(N3CCC4(CC3)CN(CC(C)(F)F)C4)c(C#N)c2c(=O)n1CC#Cc1ccc(Cl)cc1-c1ccnc2c(C(=O)NS(=O)(=O)c3cccnc3)csc12. The number of nitriles is 1. The minimum Gasteiger partial charge on any atom is -0.355 e. The zero-order valence-corrected chi connectivity index (χ0v) is 34.1. The van der Waals surface area contributed by atoms with Crippen LogP contribution in [-0.4, -0.2) is 82.4 Å². The quantitative estimate of drug-likeness (QED) is 0.178. The van der Waals surface area contributed by atoms with Crippen molar-refractivity contribution in [1.29, 1.82) is 5.26 Å². The molecule has 59 heavy (non-hydrogen) atoms. The predicted octanol–water partition coefficient (Wildman–Crippen LogP) is 6.02. The Morgan fingerprint density at radius 1 is 1.10 bits per heavy atom. The molecule has 5 aromatic heterocycles. The molecule has 1 spiro atoms. The van der Waals surface area contributed by atoms with E-state index in [1.54, 1.807) is 36.1 Å². The number of fused-ring (bicyclic) bond motifs is 2. The summed E-state index contributed by atoms with van der Waals surface area (Å²) in [6.07, 6.45) is 7.09. The van der Waals surface area contributed by atoms with E-state index in [2.05, 4.69) is 42.6 Å². The first-order valence-corrected chi connectivity index (χ1v) is 21.2. The summed E-state index contributed by atoms with van der Waals surface area (Å²) in [5.41, 5.74) is 2.13. The van der Waals surface area contributed by atoms with Gasteiger partial charge in [0.25, 0.3) is 27.4 Å². The topological polar surface area (TPSA) is 167 Å². The van der Waals surface area contributed by atoms with Gasteiger partial charge in [-0.05, 0) is 61.6 Å². The Kier molecular flexibility index (Phi) is 10.4. The number of anilines is 1. The van der Waals surface area contributed by atoms with Crippen LogP contribution in [0.1, 0.15) is 47.1 Å². The zero-order chi connectivity index (χ0) is 41.7. The number of rotatable bonds is 8. The number of benzene rings is 1. The summed E-state index contributed by atoms with van der Waals surface area (Å²) in [7, 11) is -4.19. The molecular weight excluding hydrogens is 820 g/mol. The van der Waals surface area contributed by atoms with Crippen molar-refractivity contribution >= 4 is 65.8 Å². The second kappa shape index (κ2) is 15.4. The molecule has 13 nitrogen and oxygen atoms in total. The third-order valence-corrected chi connectivity index (χ3v) is 13.2. The average molecular weight is 854 g/mol. The molecule has 2 saturated heterocycles. The van der Waals surface area contributed by atoms with Gasteiger partial charge in [-0.15, -0.1) is 11.3 Å². The van der Waals surface area contributed by atoms with Gasteiger partial charge in [-0.1, -0.05) is 23.4 Å². The Morgan fingerprint density at radius 2 is 1.88 bits per heavy atom. The number of likely N-dealkylation sites (tertiary alicyclic amines) is 1. The van der Waals surface area contributed by atoms with E-state index in [4.69, 9.17) is 11.6 Å². The summed E-state index contributed by atoms with van der Waals surface area (Å²) in [6, 6.07) is 11.9. The number of pyridine rings is 3. The molecule has 2 aliphatic heterocycles. The third kappa shape index (κ3) is 7.86. The van der Waals surface area contributed by atoms with Crippen LogP contribution in [0.15, 0.2) is 76.3 Å². The van der Waals surface area contributed by atoms with E-state index in [0.29, 0.717) is 69.8 Å². The first-order chi connectivity index (χ1) is 28.1. The fraction of sp³-hybridized carbons (Fsp3) is 0.293. The van der Waals surface area contributed by atoms with Crippen LogP contribution >= 0.6 is 22.9 Å². The monoisotopic (exact) mass is 853 g/mol.